The van der Waals surface area contributed by atoms with E-state index in [4.69, 9.17) is 4.74 Å². The lowest BCUT2D eigenvalue weighted by Crippen LogP contribution is -2.38. The highest BCUT2D eigenvalue weighted by atomic mass is 16.5. The first-order valence-electron chi connectivity index (χ1n) is 7.11. The van der Waals surface area contributed by atoms with Gasteiger partial charge in [0, 0.05) is 18.7 Å². The highest BCUT2D eigenvalue weighted by molar-refractivity contribution is 5.99. The number of nitrogens with zero attached hydrogens (tertiary/aromatic N) is 3. The predicted molar refractivity (Wildman–Crippen MR) is 81.0 cm³/mol. The van der Waals surface area contributed by atoms with Gasteiger partial charge in [0.25, 0.3) is 5.91 Å². The number of amides is 1. The van der Waals surface area contributed by atoms with E-state index < -0.39 is 18.0 Å². The van der Waals surface area contributed by atoms with Gasteiger partial charge in [0.2, 0.25) is 0 Å². The minimum absolute atomic E-state index is 0.348. The molecule has 0 saturated carbocycles. The Balaban J connectivity index is 1.59. The average molecular weight is 308 g/mol. The lowest BCUT2D eigenvalue weighted by molar-refractivity contribution is -0.125. The molecule has 0 radical (unpaired) electrons. The van der Waals surface area contributed by atoms with E-state index in [2.05, 4.69) is 15.4 Å². The van der Waals surface area contributed by atoms with Crippen LogP contribution >= 0.6 is 0 Å². The number of fused-ring (bicyclic) bond motifs is 2. The lowest BCUT2D eigenvalue weighted by atomic mass is 9.98. The van der Waals surface area contributed by atoms with Crippen molar-refractivity contribution in [2.24, 2.45) is 0 Å². The maximum Gasteiger partial charge on any atom is 0.339 e. The summed E-state index contributed by atoms with van der Waals surface area (Å²) in [5, 5.41) is 6.84. The number of ether oxygens (including phenoxy) is 1. The molecule has 2 aromatic heterocycles. The molecule has 1 aliphatic rings. The molecule has 1 amide bonds. The molecule has 0 fully saturated rings. The van der Waals surface area contributed by atoms with E-state index in [0.29, 0.717) is 23.4 Å². The topological polar surface area (TPSA) is 85.6 Å². The molecule has 7 heteroatoms. The van der Waals surface area contributed by atoms with Crippen LogP contribution in [0.3, 0.4) is 0 Å². The van der Waals surface area contributed by atoms with Gasteiger partial charge in [-0.15, -0.1) is 0 Å². The summed E-state index contributed by atoms with van der Waals surface area (Å²) in [5.41, 5.74) is 1.94. The van der Waals surface area contributed by atoms with Gasteiger partial charge in [-0.25, -0.2) is 9.78 Å². The van der Waals surface area contributed by atoms with Crippen molar-refractivity contribution in [2.45, 2.75) is 12.5 Å². The van der Waals surface area contributed by atoms with E-state index in [9.17, 15) is 9.59 Å². The summed E-state index contributed by atoms with van der Waals surface area (Å²) in [6, 6.07) is 10.5. The van der Waals surface area contributed by atoms with Gasteiger partial charge in [-0.2, -0.15) is 9.61 Å². The number of hydrogen-bond acceptors (Lipinski definition) is 5. The number of carbonyl (C=O) groups excluding carboxylic acids is 2. The third-order valence-corrected chi connectivity index (χ3v) is 3.73. The Hall–Kier alpha value is -3.22. The second-order valence-corrected chi connectivity index (χ2v) is 5.18. The fourth-order valence-electron chi connectivity index (χ4n) is 2.61. The molecular weight excluding hydrogens is 296 g/mol. The van der Waals surface area contributed by atoms with Gasteiger partial charge >= 0.3 is 5.97 Å². The molecule has 0 unspecified atom stereocenters. The first-order valence-corrected chi connectivity index (χ1v) is 7.11. The minimum atomic E-state index is -0.865. The SMILES string of the molecule is O=C1O[C@@H](C(=O)Nc2ccnc3ccnn23)Cc2ccccc21. The van der Waals surface area contributed by atoms with Crippen molar-refractivity contribution in [3.05, 3.63) is 59.9 Å². The number of anilines is 1. The molecule has 4 rings (SSSR count). The maximum atomic E-state index is 12.4. The molecule has 0 aliphatic carbocycles. The summed E-state index contributed by atoms with van der Waals surface area (Å²) in [5.74, 6) is -0.401. The highest BCUT2D eigenvalue weighted by Gasteiger charge is 2.31. The molecule has 7 nitrogen and oxygen atoms in total. The highest BCUT2D eigenvalue weighted by Crippen LogP contribution is 2.21. The van der Waals surface area contributed by atoms with E-state index in [-0.39, 0.29) is 0 Å². The molecule has 1 atom stereocenters. The van der Waals surface area contributed by atoms with Gasteiger partial charge in [-0.3, -0.25) is 4.79 Å². The van der Waals surface area contributed by atoms with Gasteiger partial charge in [-0.05, 0) is 17.7 Å². The van der Waals surface area contributed by atoms with Crippen molar-refractivity contribution in [1.29, 1.82) is 0 Å². The number of carbonyl (C=O) groups is 2. The summed E-state index contributed by atoms with van der Waals surface area (Å²) in [4.78, 5) is 28.6. The number of aromatic nitrogens is 3. The number of rotatable bonds is 2. The number of benzene rings is 1. The van der Waals surface area contributed by atoms with Gasteiger partial charge in [-0.1, -0.05) is 18.2 Å². The van der Waals surface area contributed by atoms with Crippen molar-refractivity contribution < 1.29 is 14.3 Å². The maximum absolute atomic E-state index is 12.4. The van der Waals surface area contributed by atoms with Crippen LogP contribution in [0.4, 0.5) is 5.82 Å². The first kappa shape index (κ1) is 13.4. The molecule has 1 aromatic carbocycles. The summed E-state index contributed by atoms with van der Waals surface area (Å²) < 4.78 is 6.75. The van der Waals surface area contributed by atoms with Crippen LogP contribution in [-0.2, 0) is 16.0 Å². The van der Waals surface area contributed by atoms with Crippen LogP contribution in [0.5, 0.6) is 0 Å². The van der Waals surface area contributed by atoms with Gasteiger partial charge in [0.15, 0.2) is 11.8 Å². The predicted octanol–water partition coefficient (Wildman–Crippen LogP) is 1.45. The Morgan fingerprint density at radius 1 is 1.22 bits per heavy atom. The molecule has 3 aromatic rings. The lowest BCUT2D eigenvalue weighted by Gasteiger charge is -2.23. The van der Waals surface area contributed by atoms with Crippen molar-refractivity contribution in [3.63, 3.8) is 0 Å². The van der Waals surface area contributed by atoms with Gasteiger partial charge < -0.3 is 10.1 Å². The molecule has 1 aliphatic heterocycles. The molecule has 0 bridgehead atoms. The Labute approximate surface area is 130 Å². The van der Waals surface area contributed by atoms with E-state index in [1.165, 1.54) is 4.52 Å². The third-order valence-electron chi connectivity index (χ3n) is 3.73. The fourth-order valence-corrected chi connectivity index (χ4v) is 2.61. The zero-order valence-electron chi connectivity index (χ0n) is 12.0. The molecular formula is C16H12N4O3. The molecule has 114 valence electrons. The standard InChI is InChI=1S/C16H12N4O3/c21-15(19-14-5-7-17-13-6-8-18-20(13)14)12-9-10-3-1-2-4-11(10)16(22)23-12/h1-8,12H,9H2,(H,19,21)/t12-/m1/s1. The second kappa shape index (κ2) is 5.20. The normalized spacial score (nSPS) is 16.7. The summed E-state index contributed by atoms with van der Waals surface area (Å²) in [6.07, 6.45) is 2.65. The summed E-state index contributed by atoms with van der Waals surface area (Å²) >= 11 is 0. The van der Waals surface area contributed by atoms with Gasteiger partial charge in [0.05, 0.1) is 11.8 Å². The molecule has 1 N–H and O–H groups in total. The fraction of sp³-hybridized carbons (Fsp3) is 0.125. The summed E-state index contributed by atoms with van der Waals surface area (Å²) in [6.45, 7) is 0. The van der Waals surface area contributed by atoms with Crippen molar-refractivity contribution in [2.75, 3.05) is 5.32 Å². The minimum Gasteiger partial charge on any atom is -0.448 e. The van der Waals surface area contributed by atoms with Crippen molar-refractivity contribution in [3.8, 4) is 0 Å². The van der Waals surface area contributed by atoms with Crippen molar-refractivity contribution >= 4 is 23.3 Å². The number of hydrogen-bond donors (Lipinski definition) is 1. The number of nitrogens with one attached hydrogen (secondary N) is 1. The van der Waals surface area contributed by atoms with Crippen LogP contribution in [-0.4, -0.2) is 32.6 Å². The van der Waals surface area contributed by atoms with Crippen molar-refractivity contribution in [1.82, 2.24) is 14.6 Å². The molecule has 0 spiro atoms. The number of esters is 1. The Kier molecular flexibility index (Phi) is 3.04. The van der Waals surface area contributed by atoms with Crippen LogP contribution in [0.25, 0.3) is 5.65 Å². The zero-order valence-corrected chi connectivity index (χ0v) is 12.0. The van der Waals surface area contributed by atoms with Crippen LogP contribution < -0.4 is 5.32 Å². The van der Waals surface area contributed by atoms with E-state index in [0.717, 1.165) is 5.56 Å². The second-order valence-electron chi connectivity index (χ2n) is 5.18. The Morgan fingerprint density at radius 3 is 3.00 bits per heavy atom. The quantitative estimate of drug-likeness (QED) is 0.724. The van der Waals surface area contributed by atoms with E-state index >= 15 is 0 Å². The zero-order chi connectivity index (χ0) is 15.8. The largest absolute Gasteiger partial charge is 0.448 e. The molecule has 23 heavy (non-hydrogen) atoms. The molecule has 0 saturated heterocycles. The van der Waals surface area contributed by atoms with Gasteiger partial charge in [0.1, 0.15) is 5.82 Å². The Morgan fingerprint density at radius 2 is 2.09 bits per heavy atom. The number of cyclic esters (lactones) is 1. The summed E-state index contributed by atoms with van der Waals surface area (Å²) in [7, 11) is 0. The Bertz CT molecular complexity index is 918. The smallest absolute Gasteiger partial charge is 0.339 e. The van der Waals surface area contributed by atoms with Crippen LogP contribution in [0.1, 0.15) is 15.9 Å². The average Bonchev–Trinajstić information content (AvgIpc) is 3.04. The van der Waals surface area contributed by atoms with E-state index in [1.54, 1.807) is 36.7 Å². The van der Waals surface area contributed by atoms with Crippen LogP contribution in [0.15, 0.2) is 48.8 Å². The van der Waals surface area contributed by atoms with E-state index in [1.807, 2.05) is 12.1 Å². The molecule has 3 heterocycles. The van der Waals surface area contributed by atoms with Crippen LogP contribution in [0.2, 0.25) is 0 Å². The van der Waals surface area contributed by atoms with Crippen LogP contribution in [0, 0.1) is 0 Å². The monoisotopic (exact) mass is 308 g/mol. The third kappa shape index (κ3) is 2.32. The first-order chi connectivity index (χ1) is 11.2.